The molecule has 1 aliphatic heterocycles. The molecule has 0 saturated heterocycles. The van der Waals surface area contributed by atoms with E-state index in [0.717, 1.165) is 0 Å². The van der Waals surface area contributed by atoms with Crippen LogP contribution in [0.2, 0.25) is 0 Å². The van der Waals surface area contributed by atoms with Gasteiger partial charge in [0.2, 0.25) is 5.91 Å². The van der Waals surface area contributed by atoms with E-state index in [1.807, 2.05) is 12.2 Å². The van der Waals surface area contributed by atoms with E-state index in [1.165, 1.54) is 0 Å². The van der Waals surface area contributed by atoms with Crippen molar-refractivity contribution >= 4 is 17.8 Å². The Balaban J connectivity index is 2.64. The van der Waals surface area contributed by atoms with Gasteiger partial charge in [-0.25, -0.2) is 0 Å². The number of hydrogen-bond donors (Lipinski definition) is 1. The summed E-state index contributed by atoms with van der Waals surface area (Å²) in [5, 5.41) is 2.68. The Morgan fingerprint density at radius 2 is 2.09 bits per heavy atom. The number of nitrogens with one attached hydrogen (secondary N) is 1. The lowest BCUT2D eigenvalue weighted by Crippen LogP contribution is -2.35. The number of amides is 1. The van der Waals surface area contributed by atoms with Crippen LogP contribution in [0.1, 0.15) is 46.5 Å². The van der Waals surface area contributed by atoms with E-state index in [2.05, 4.69) is 5.32 Å². The third-order valence-corrected chi connectivity index (χ3v) is 2.97. The van der Waals surface area contributed by atoms with Gasteiger partial charge in [0.15, 0.2) is 0 Å². The quantitative estimate of drug-likeness (QED) is 0.620. The molecule has 0 aromatic rings. The van der Waals surface area contributed by atoms with E-state index in [4.69, 9.17) is 9.47 Å². The second-order valence-electron chi connectivity index (χ2n) is 6.24. The smallest absolute Gasteiger partial charge is 0.307 e. The van der Waals surface area contributed by atoms with Crippen molar-refractivity contribution in [2.45, 2.75) is 52.1 Å². The number of rotatable bonds is 2. The van der Waals surface area contributed by atoms with Gasteiger partial charge in [-0.2, -0.15) is 0 Å². The molecule has 6 heteroatoms. The van der Waals surface area contributed by atoms with Crippen LogP contribution >= 0.6 is 0 Å². The highest BCUT2D eigenvalue weighted by molar-refractivity contribution is 5.84. The molecule has 0 saturated carbocycles. The lowest BCUT2D eigenvalue weighted by molar-refractivity contribution is -0.157. The average molecular weight is 311 g/mol. The van der Waals surface area contributed by atoms with Gasteiger partial charge in [0, 0.05) is 6.42 Å². The van der Waals surface area contributed by atoms with Gasteiger partial charge in [0.1, 0.15) is 12.2 Å². The lowest BCUT2D eigenvalue weighted by Gasteiger charge is -2.21. The minimum atomic E-state index is -0.566. The molecule has 0 aromatic heterocycles. The maximum atomic E-state index is 12.1. The predicted octanol–water partition coefficient (Wildman–Crippen LogP) is 1.73. The molecule has 0 fully saturated rings. The average Bonchev–Trinajstić information content (AvgIpc) is 2.38. The van der Waals surface area contributed by atoms with Gasteiger partial charge in [-0.1, -0.05) is 12.2 Å². The van der Waals surface area contributed by atoms with E-state index >= 15 is 0 Å². The molecule has 0 radical (unpaired) electrons. The molecule has 1 aliphatic rings. The molecular formula is C16H25NO5. The van der Waals surface area contributed by atoms with E-state index in [0.29, 0.717) is 19.3 Å². The highest BCUT2D eigenvalue weighted by Gasteiger charge is 2.24. The molecule has 0 aromatic carbocycles. The van der Waals surface area contributed by atoms with Gasteiger partial charge in [0.25, 0.3) is 0 Å². The van der Waals surface area contributed by atoms with Gasteiger partial charge >= 0.3 is 11.9 Å². The second-order valence-corrected chi connectivity index (χ2v) is 6.24. The Hall–Kier alpha value is -1.85. The maximum absolute atomic E-state index is 12.1. The Kier molecular flexibility index (Phi) is 7.08. The van der Waals surface area contributed by atoms with Crippen LogP contribution < -0.4 is 5.32 Å². The van der Waals surface area contributed by atoms with Crippen molar-refractivity contribution in [1.29, 1.82) is 0 Å². The highest BCUT2D eigenvalue weighted by Crippen LogP contribution is 2.16. The van der Waals surface area contributed by atoms with Crippen LogP contribution in [0.3, 0.4) is 0 Å². The fraction of sp³-hybridized carbons (Fsp3) is 0.688. The first-order valence-electron chi connectivity index (χ1n) is 7.58. The van der Waals surface area contributed by atoms with Crippen LogP contribution in [0.15, 0.2) is 12.2 Å². The zero-order chi connectivity index (χ0) is 16.6. The summed E-state index contributed by atoms with van der Waals surface area (Å²) in [7, 11) is 0. The van der Waals surface area contributed by atoms with Crippen molar-refractivity contribution in [3.05, 3.63) is 12.2 Å². The van der Waals surface area contributed by atoms with Crippen LogP contribution in [0.5, 0.6) is 0 Å². The SMILES string of the molecule is CC(C)(C)OC(=O)C[C@@H]1CC=CCCC(=O)OCCNC1=O. The minimum Gasteiger partial charge on any atom is -0.464 e. The van der Waals surface area contributed by atoms with E-state index in [-0.39, 0.29) is 37.4 Å². The van der Waals surface area contributed by atoms with Crippen LogP contribution in [-0.4, -0.2) is 36.6 Å². The molecule has 1 amide bonds. The zero-order valence-corrected chi connectivity index (χ0v) is 13.5. The Morgan fingerprint density at radius 1 is 1.36 bits per heavy atom. The third kappa shape index (κ3) is 7.81. The normalized spacial score (nSPS) is 21.1. The van der Waals surface area contributed by atoms with Gasteiger partial charge in [-0.05, 0) is 33.6 Å². The summed E-state index contributed by atoms with van der Waals surface area (Å²) in [4.78, 5) is 35.3. The summed E-state index contributed by atoms with van der Waals surface area (Å²) >= 11 is 0. The van der Waals surface area contributed by atoms with Crippen molar-refractivity contribution in [2.75, 3.05) is 13.2 Å². The number of ether oxygens (including phenoxy) is 2. The summed E-state index contributed by atoms with van der Waals surface area (Å²) in [5.41, 5.74) is -0.566. The summed E-state index contributed by atoms with van der Waals surface area (Å²) < 4.78 is 10.2. The fourth-order valence-electron chi connectivity index (χ4n) is 2.00. The summed E-state index contributed by atoms with van der Waals surface area (Å²) in [5.74, 6) is -1.36. The topological polar surface area (TPSA) is 81.7 Å². The van der Waals surface area contributed by atoms with Gasteiger partial charge < -0.3 is 14.8 Å². The van der Waals surface area contributed by atoms with Gasteiger partial charge in [-0.15, -0.1) is 0 Å². The number of esters is 2. The van der Waals surface area contributed by atoms with Crippen molar-refractivity contribution in [1.82, 2.24) is 5.32 Å². The predicted molar refractivity (Wildman–Crippen MR) is 80.9 cm³/mol. The molecule has 0 bridgehead atoms. The number of carbonyl (C=O) groups is 3. The minimum absolute atomic E-state index is 0.0350. The van der Waals surface area contributed by atoms with Crippen molar-refractivity contribution in [2.24, 2.45) is 5.92 Å². The molecule has 0 unspecified atom stereocenters. The molecular weight excluding hydrogens is 286 g/mol. The van der Waals surface area contributed by atoms with Crippen LogP contribution in [-0.2, 0) is 23.9 Å². The van der Waals surface area contributed by atoms with Crippen molar-refractivity contribution < 1.29 is 23.9 Å². The first-order chi connectivity index (χ1) is 10.3. The lowest BCUT2D eigenvalue weighted by atomic mass is 9.99. The Labute approximate surface area is 131 Å². The summed E-state index contributed by atoms with van der Waals surface area (Å²) in [6, 6.07) is 0. The van der Waals surface area contributed by atoms with Crippen LogP contribution in [0.4, 0.5) is 0 Å². The molecule has 0 aliphatic carbocycles. The van der Waals surface area contributed by atoms with Gasteiger partial charge in [-0.3, -0.25) is 14.4 Å². The molecule has 6 nitrogen and oxygen atoms in total. The van der Waals surface area contributed by atoms with Crippen LogP contribution in [0, 0.1) is 5.92 Å². The fourth-order valence-corrected chi connectivity index (χ4v) is 2.00. The molecule has 1 atom stereocenters. The second kappa shape index (κ2) is 8.56. The van der Waals surface area contributed by atoms with Gasteiger partial charge in [0.05, 0.1) is 18.9 Å². The molecule has 1 N–H and O–H groups in total. The molecule has 1 heterocycles. The van der Waals surface area contributed by atoms with Crippen LogP contribution in [0.25, 0.3) is 0 Å². The number of allylic oxidation sites excluding steroid dienone is 2. The summed E-state index contributed by atoms with van der Waals surface area (Å²) in [6.07, 6.45) is 5.02. The van der Waals surface area contributed by atoms with E-state index < -0.39 is 11.5 Å². The Morgan fingerprint density at radius 3 is 2.77 bits per heavy atom. The Bertz CT molecular complexity index is 436. The third-order valence-electron chi connectivity index (χ3n) is 2.97. The monoisotopic (exact) mass is 311 g/mol. The first kappa shape index (κ1) is 18.2. The first-order valence-corrected chi connectivity index (χ1v) is 7.58. The highest BCUT2D eigenvalue weighted by atomic mass is 16.6. The molecule has 22 heavy (non-hydrogen) atoms. The zero-order valence-electron chi connectivity index (χ0n) is 13.5. The summed E-state index contributed by atoms with van der Waals surface area (Å²) in [6.45, 7) is 5.77. The number of cyclic esters (lactones) is 1. The van der Waals surface area contributed by atoms with Crippen molar-refractivity contribution in [3.63, 3.8) is 0 Å². The largest absolute Gasteiger partial charge is 0.464 e. The molecule has 124 valence electrons. The number of hydrogen-bond acceptors (Lipinski definition) is 5. The van der Waals surface area contributed by atoms with E-state index in [9.17, 15) is 14.4 Å². The van der Waals surface area contributed by atoms with E-state index in [1.54, 1.807) is 20.8 Å². The standard InChI is InChI=1S/C16H25NO5/c1-16(2,3)22-14(19)11-12-7-5-4-6-8-13(18)21-10-9-17-15(12)20/h4-5,12H,6-11H2,1-3H3,(H,17,20)/t12-/m0/s1. The number of carbonyl (C=O) groups excluding carboxylic acids is 3. The van der Waals surface area contributed by atoms with Crippen molar-refractivity contribution in [3.8, 4) is 0 Å². The molecule has 1 rings (SSSR count). The molecule has 0 spiro atoms. The maximum Gasteiger partial charge on any atom is 0.307 e.